The number of rotatable bonds is 8. The number of carboxylic acids is 1. The average molecular weight is 451 g/mol. The predicted octanol–water partition coefficient (Wildman–Crippen LogP) is 4.25. The van der Waals surface area contributed by atoms with Crippen LogP contribution in [-0.4, -0.2) is 42.0 Å². The van der Waals surface area contributed by atoms with Gasteiger partial charge < -0.3 is 24.5 Å². The molecule has 8 heteroatoms. The van der Waals surface area contributed by atoms with Crippen molar-refractivity contribution in [3.8, 4) is 0 Å². The van der Waals surface area contributed by atoms with E-state index in [0.29, 0.717) is 11.0 Å². The molecule has 0 radical (unpaired) electrons. The molecule has 1 aliphatic rings. The molecule has 1 aliphatic heterocycles. The highest BCUT2D eigenvalue weighted by Gasteiger charge is 2.52. The Morgan fingerprint density at radius 3 is 2.27 bits per heavy atom. The molecule has 33 heavy (non-hydrogen) atoms. The molecule has 7 nitrogen and oxygen atoms in total. The molecule has 0 spiro atoms. The van der Waals surface area contributed by atoms with Crippen molar-refractivity contribution in [1.82, 2.24) is 5.32 Å². The largest absolute Gasteiger partial charge is 0.492 e. The standard InChI is InChI=1S/C25H30BNO6/c1-24(2)25(3,4)33-26(32-24)21(14-19-11-8-12-20(13-19)15-22(28)29)16-27-23(30)31-17-18-9-6-5-7-10-18/h5-14H,15-17H2,1-4H3,(H,27,30)(H,28,29). The molecular weight excluding hydrogens is 421 g/mol. The van der Waals surface area contributed by atoms with Crippen molar-refractivity contribution < 1.29 is 28.7 Å². The van der Waals surface area contributed by atoms with Gasteiger partial charge >= 0.3 is 19.2 Å². The van der Waals surface area contributed by atoms with E-state index in [0.717, 1.165) is 11.1 Å². The van der Waals surface area contributed by atoms with Crippen LogP contribution < -0.4 is 5.32 Å². The molecule has 2 N–H and O–H groups in total. The van der Waals surface area contributed by atoms with Gasteiger partial charge in [0, 0.05) is 6.54 Å². The van der Waals surface area contributed by atoms with E-state index in [-0.39, 0.29) is 19.6 Å². The maximum Gasteiger partial charge on any atom is 0.492 e. The highest BCUT2D eigenvalue weighted by molar-refractivity contribution is 6.56. The number of carbonyl (C=O) groups excluding carboxylic acids is 1. The topological polar surface area (TPSA) is 94.1 Å². The Morgan fingerprint density at radius 2 is 1.64 bits per heavy atom. The maximum absolute atomic E-state index is 12.3. The van der Waals surface area contributed by atoms with Gasteiger partial charge in [-0.15, -0.1) is 0 Å². The number of hydrogen-bond donors (Lipinski definition) is 2. The number of ether oxygens (including phenoxy) is 1. The van der Waals surface area contributed by atoms with Crippen molar-refractivity contribution in [2.45, 2.75) is 51.9 Å². The van der Waals surface area contributed by atoms with Crippen LogP contribution in [0.2, 0.25) is 0 Å². The molecule has 0 bridgehead atoms. The molecule has 2 aromatic rings. The lowest BCUT2D eigenvalue weighted by Crippen LogP contribution is -2.41. The lowest BCUT2D eigenvalue weighted by atomic mass is 9.77. The highest BCUT2D eigenvalue weighted by atomic mass is 16.7. The zero-order chi connectivity index (χ0) is 24.1. The Labute approximate surface area is 194 Å². The summed E-state index contributed by atoms with van der Waals surface area (Å²) in [5.74, 6) is -0.898. The smallest absolute Gasteiger partial charge is 0.481 e. The predicted molar refractivity (Wildman–Crippen MR) is 126 cm³/mol. The Morgan fingerprint density at radius 1 is 1.00 bits per heavy atom. The minimum absolute atomic E-state index is 0.0719. The fourth-order valence-corrected chi connectivity index (χ4v) is 3.33. The Hall–Kier alpha value is -3.10. The van der Waals surface area contributed by atoms with Crippen molar-refractivity contribution >= 4 is 25.3 Å². The molecule has 0 saturated carbocycles. The summed E-state index contributed by atoms with van der Waals surface area (Å²) in [5, 5.41) is 11.9. The van der Waals surface area contributed by atoms with Gasteiger partial charge in [-0.05, 0) is 49.9 Å². The number of hydrogen-bond acceptors (Lipinski definition) is 5. The summed E-state index contributed by atoms with van der Waals surface area (Å²) in [6.07, 6.45) is 1.23. The van der Waals surface area contributed by atoms with Crippen molar-refractivity contribution in [2.24, 2.45) is 0 Å². The summed E-state index contributed by atoms with van der Waals surface area (Å²) in [6, 6.07) is 16.7. The monoisotopic (exact) mass is 451 g/mol. The van der Waals surface area contributed by atoms with Gasteiger partial charge in [-0.2, -0.15) is 0 Å². The second-order valence-corrected chi connectivity index (χ2v) is 9.04. The first kappa shape index (κ1) is 24.5. The third-order valence-electron chi connectivity index (χ3n) is 5.86. The van der Waals surface area contributed by atoms with E-state index in [1.54, 1.807) is 18.2 Å². The van der Waals surface area contributed by atoms with Crippen LogP contribution in [0.1, 0.15) is 44.4 Å². The first-order valence-corrected chi connectivity index (χ1v) is 10.9. The van der Waals surface area contributed by atoms with Crippen molar-refractivity contribution in [2.75, 3.05) is 6.54 Å². The van der Waals surface area contributed by atoms with Gasteiger partial charge in [-0.3, -0.25) is 4.79 Å². The highest BCUT2D eigenvalue weighted by Crippen LogP contribution is 2.38. The molecule has 0 aromatic heterocycles. The first-order valence-electron chi connectivity index (χ1n) is 10.9. The maximum atomic E-state index is 12.3. The van der Waals surface area contributed by atoms with Gasteiger partial charge in [0.2, 0.25) is 0 Å². The number of carbonyl (C=O) groups is 2. The summed E-state index contributed by atoms with van der Waals surface area (Å²) < 4.78 is 17.7. The number of aliphatic carboxylic acids is 1. The number of carboxylic acid groups (broad SMARTS) is 1. The number of nitrogens with one attached hydrogen (secondary N) is 1. The lowest BCUT2D eigenvalue weighted by molar-refractivity contribution is -0.136. The van der Waals surface area contributed by atoms with E-state index in [2.05, 4.69) is 5.32 Å². The second-order valence-electron chi connectivity index (χ2n) is 9.04. The zero-order valence-electron chi connectivity index (χ0n) is 19.5. The Kier molecular flexibility index (Phi) is 7.61. The number of alkyl carbamates (subject to hydrolysis) is 1. The zero-order valence-corrected chi connectivity index (χ0v) is 19.5. The van der Waals surface area contributed by atoms with Crippen LogP contribution >= 0.6 is 0 Å². The number of benzene rings is 2. The summed E-state index contributed by atoms with van der Waals surface area (Å²) in [6.45, 7) is 8.14. The van der Waals surface area contributed by atoms with Gasteiger partial charge in [0.05, 0.1) is 17.6 Å². The minimum atomic E-state index is -0.898. The van der Waals surface area contributed by atoms with E-state index in [4.69, 9.17) is 19.2 Å². The quantitative estimate of drug-likeness (QED) is 0.583. The summed E-state index contributed by atoms with van der Waals surface area (Å²) in [5.41, 5.74) is 1.96. The molecule has 3 rings (SSSR count). The molecule has 1 saturated heterocycles. The lowest BCUT2D eigenvalue weighted by Gasteiger charge is -2.32. The minimum Gasteiger partial charge on any atom is -0.481 e. The van der Waals surface area contributed by atoms with E-state index < -0.39 is 30.4 Å². The third-order valence-corrected chi connectivity index (χ3v) is 5.86. The van der Waals surface area contributed by atoms with E-state index in [9.17, 15) is 9.59 Å². The van der Waals surface area contributed by atoms with Gasteiger partial charge in [0.15, 0.2) is 0 Å². The summed E-state index contributed by atoms with van der Waals surface area (Å²) in [4.78, 5) is 23.4. The SMILES string of the molecule is CC1(C)OB(C(=Cc2cccc(CC(=O)O)c2)CNC(=O)OCc2ccccc2)OC1(C)C. The normalized spacial score (nSPS) is 17.0. The molecule has 2 aromatic carbocycles. The van der Waals surface area contributed by atoms with E-state index in [1.165, 1.54) is 0 Å². The average Bonchev–Trinajstić information content (AvgIpc) is 2.97. The van der Waals surface area contributed by atoms with Gasteiger partial charge in [-0.1, -0.05) is 60.7 Å². The molecule has 174 valence electrons. The molecular formula is C25H30BNO6. The van der Waals surface area contributed by atoms with Crippen LogP contribution in [-0.2, 0) is 31.9 Å². The van der Waals surface area contributed by atoms with Gasteiger partial charge in [0.25, 0.3) is 0 Å². The fraction of sp³-hybridized carbons (Fsp3) is 0.360. The first-order chi connectivity index (χ1) is 15.6. The summed E-state index contributed by atoms with van der Waals surface area (Å²) >= 11 is 0. The molecule has 0 aliphatic carbocycles. The van der Waals surface area contributed by atoms with Crippen molar-refractivity contribution in [1.29, 1.82) is 0 Å². The van der Waals surface area contributed by atoms with Crippen LogP contribution in [0.4, 0.5) is 4.79 Å². The second kappa shape index (κ2) is 10.2. The van der Waals surface area contributed by atoms with Crippen LogP contribution in [0.3, 0.4) is 0 Å². The fourth-order valence-electron chi connectivity index (χ4n) is 3.33. The molecule has 1 heterocycles. The Bertz CT molecular complexity index is 1000. The van der Waals surface area contributed by atoms with E-state index >= 15 is 0 Å². The number of amides is 1. The van der Waals surface area contributed by atoms with Crippen LogP contribution in [0.5, 0.6) is 0 Å². The molecule has 0 atom stereocenters. The van der Waals surface area contributed by atoms with E-state index in [1.807, 2.05) is 70.2 Å². The van der Waals surface area contributed by atoms with Crippen LogP contribution in [0.15, 0.2) is 60.1 Å². The van der Waals surface area contributed by atoms with Crippen molar-refractivity contribution in [3.05, 3.63) is 76.8 Å². The van der Waals surface area contributed by atoms with Crippen LogP contribution in [0, 0.1) is 0 Å². The van der Waals surface area contributed by atoms with Gasteiger partial charge in [0.1, 0.15) is 6.61 Å². The summed E-state index contributed by atoms with van der Waals surface area (Å²) in [7, 11) is -0.674. The van der Waals surface area contributed by atoms with Gasteiger partial charge in [-0.25, -0.2) is 4.79 Å². The molecule has 0 unspecified atom stereocenters. The molecule has 1 fully saturated rings. The molecule has 1 amide bonds. The van der Waals surface area contributed by atoms with Crippen LogP contribution in [0.25, 0.3) is 6.08 Å². The Balaban J connectivity index is 1.75. The third kappa shape index (κ3) is 6.69. The van der Waals surface area contributed by atoms with Crippen molar-refractivity contribution in [3.63, 3.8) is 0 Å².